The molecular formula is C27H27ClN9O7S3+. The van der Waals surface area contributed by atoms with Gasteiger partial charge in [0.15, 0.2) is 10.8 Å². The first-order valence-corrected chi connectivity index (χ1v) is 16.8. The van der Waals surface area contributed by atoms with Gasteiger partial charge in [0.25, 0.3) is 11.8 Å². The molecule has 0 radical (unpaired) electrons. The van der Waals surface area contributed by atoms with Crippen LogP contribution in [0.5, 0.6) is 0 Å². The molecule has 0 aliphatic carbocycles. The predicted octanol–water partition coefficient (Wildman–Crippen LogP) is 1.33. The largest absolute Gasteiger partial charge is 0.478 e. The molecule has 0 bridgehead atoms. The summed E-state index contributed by atoms with van der Waals surface area (Å²) in [6, 6.07) is 7.24. The number of aliphatic carboxylic acids is 2. The summed E-state index contributed by atoms with van der Waals surface area (Å²) < 4.78 is 1.65. The number of carbonyl (C=O) groups is 4. The zero-order chi connectivity index (χ0) is 34.2. The summed E-state index contributed by atoms with van der Waals surface area (Å²) in [5, 5.41) is 27.5. The Balaban J connectivity index is 1.36. The van der Waals surface area contributed by atoms with E-state index in [2.05, 4.69) is 20.4 Å². The lowest BCUT2D eigenvalue weighted by atomic mass is 10.0. The number of carbonyl (C=O) groups excluding carboxylic acids is 2. The molecule has 2 aliphatic heterocycles. The number of carboxylic acids is 2. The van der Waals surface area contributed by atoms with Crippen molar-refractivity contribution in [2.45, 2.75) is 36.0 Å². The van der Waals surface area contributed by atoms with Crippen LogP contribution < -0.4 is 27.1 Å². The van der Waals surface area contributed by atoms with E-state index in [4.69, 9.17) is 33.6 Å². The molecule has 2 aliphatic rings. The summed E-state index contributed by atoms with van der Waals surface area (Å²) in [6.45, 7) is 2.47. The number of halogens is 1. The minimum atomic E-state index is -1.79. The van der Waals surface area contributed by atoms with Crippen LogP contribution in [0.1, 0.15) is 19.5 Å². The number of oxime groups is 1. The van der Waals surface area contributed by atoms with Crippen molar-refractivity contribution in [3.63, 3.8) is 0 Å². The summed E-state index contributed by atoms with van der Waals surface area (Å²) in [4.78, 5) is 65.3. The van der Waals surface area contributed by atoms with Crippen LogP contribution >= 0.6 is 46.5 Å². The van der Waals surface area contributed by atoms with Crippen LogP contribution in [0.4, 0.5) is 16.8 Å². The quantitative estimate of drug-likeness (QED) is 0.0408. The third-order valence-corrected chi connectivity index (χ3v) is 10.1. The van der Waals surface area contributed by atoms with E-state index in [1.165, 1.54) is 48.8 Å². The number of carboxylic acid groups (broad SMARTS) is 2. The van der Waals surface area contributed by atoms with E-state index in [0.29, 0.717) is 27.3 Å². The van der Waals surface area contributed by atoms with Crippen LogP contribution in [0, 0.1) is 0 Å². The number of benzene rings is 1. The Kier molecular flexibility index (Phi) is 9.53. The Labute approximate surface area is 284 Å². The zero-order valence-electron chi connectivity index (χ0n) is 24.5. The number of aromatic nitrogens is 3. The number of hydrogen-bond acceptors (Lipinski definition) is 14. The standard InChI is InChI=1S/C27H26ClN9O7S3/c1-27(2,24(42)43)44-35-17(14-10-46-25(31)32-14)20(38)34-18-21(39)37-19(23(40)41)11(8-45-22(18)37)9-47-26-33-15(29)7-16(30)36(26)13-5-3-12(28)4-6-13/h3-7,10,18,22H,8-9H2,1-2H3,(H8,29,30,31,32,34,38,40,41,42,43)/p+1/b35-17-/t18?,22-/m1/s1. The molecule has 9 N–H and O–H groups in total. The summed E-state index contributed by atoms with van der Waals surface area (Å²) in [5.41, 5.74) is 16.6. The summed E-state index contributed by atoms with van der Waals surface area (Å²) in [7, 11) is 0. The molecule has 2 aromatic heterocycles. The molecule has 1 saturated heterocycles. The second kappa shape index (κ2) is 13.3. The Morgan fingerprint density at radius 3 is 2.53 bits per heavy atom. The lowest BCUT2D eigenvalue weighted by molar-refractivity contribution is -0.626. The first kappa shape index (κ1) is 33.8. The fourth-order valence-corrected chi connectivity index (χ4v) is 7.62. The maximum atomic E-state index is 13.3. The average Bonchev–Trinajstić information content (AvgIpc) is 3.44. The van der Waals surface area contributed by atoms with E-state index in [-0.39, 0.29) is 33.8 Å². The molecular weight excluding hydrogens is 694 g/mol. The van der Waals surface area contributed by atoms with E-state index >= 15 is 0 Å². The molecule has 1 aromatic carbocycles. The number of hydrogen-bond donors (Lipinski definition) is 6. The molecule has 5 rings (SSSR count). The SMILES string of the molecule is CC(C)(O/N=C(\C(=O)NC1C(=O)N2C(C(=O)O)=C(CSc3nc(N)cc(N)[n+]3-c3ccc(Cl)cc3)CS[C@H]12)c1csc(N)n1)C(=O)O. The number of rotatable bonds is 11. The highest BCUT2D eigenvalue weighted by molar-refractivity contribution is 8.01. The first-order valence-electron chi connectivity index (χ1n) is 13.5. The Bertz CT molecular complexity index is 1850. The van der Waals surface area contributed by atoms with Gasteiger partial charge in [0.2, 0.25) is 17.2 Å². The highest BCUT2D eigenvalue weighted by Crippen LogP contribution is 2.41. The number of thioether (sulfide) groups is 2. The third kappa shape index (κ3) is 6.92. The fourth-order valence-electron chi connectivity index (χ4n) is 4.42. The number of nitrogen functional groups attached to an aromatic ring is 3. The average molecular weight is 721 g/mol. The summed E-state index contributed by atoms with van der Waals surface area (Å²) >= 11 is 9.49. The maximum Gasteiger partial charge on any atom is 0.352 e. The highest BCUT2D eigenvalue weighted by atomic mass is 35.5. The number of anilines is 3. The Hall–Kier alpha value is -4.59. The van der Waals surface area contributed by atoms with Crippen LogP contribution in [-0.4, -0.2) is 83.1 Å². The van der Waals surface area contributed by atoms with Crippen molar-refractivity contribution in [3.8, 4) is 5.69 Å². The number of nitrogens with two attached hydrogens (primary N) is 3. The molecule has 16 nitrogen and oxygen atoms in total. The molecule has 1 fully saturated rings. The van der Waals surface area contributed by atoms with Crippen molar-refractivity contribution in [1.82, 2.24) is 20.2 Å². The summed E-state index contributed by atoms with van der Waals surface area (Å²) in [5.74, 6) is -3.41. The van der Waals surface area contributed by atoms with Crippen LogP contribution in [-0.2, 0) is 24.0 Å². The first-order chi connectivity index (χ1) is 22.2. The predicted molar refractivity (Wildman–Crippen MR) is 176 cm³/mol. The van der Waals surface area contributed by atoms with Crippen molar-refractivity contribution in [2.75, 3.05) is 28.7 Å². The van der Waals surface area contributed by atoms with E-state index in [1.54, 1.807) is 28.8 Å². The van der Waals surface area contributed by atoms with Crippen LogP contribution in [0.3, 0.4) is 0 Å². The number of thiazole rings is 1. The van der Waals surface area contributed by atoms with Crippen molar-refractivity contribution < 1.29 is 38.8 Å². The second-order valence-electron chi connectivity index (χ2n) is 10.5. The van der Waals surface area contributed by atoms with Gasteiger partial charge in [0.1, 0.15) is 28.5 Å². The minimum Gasteiger partial charge on any atom is -0.478 e. The van der Waals surface area contributed by atoms with Gasteiger partial charge < -0.3 is 37.6 Å². The van der Waals surface area contributed by atoms with Gasteiger partial charge in [0, 0.05) is 21.9 Å². The molecule has 1 unspecified atom stereocenters. The molecule has 0 spiro atoms. The Morgan fingerprint density at radius 1 is 1.21 bits per heavy atom. The van der Waals surface area contributed by atoms with E-state index in [1.807, 2.05) is 0 Å². The van der Waals surface area contributed by atoms with E-state index in [0.717, 1.165) is 16.2 Å². The molecule has 246 valence electrons. The third-order valence-electron chi connectivity index (χ3n) is 6.83. The van der Waals surface area contributed by atoms with Gasteiger partial charge >= 0.3 is 17.1 Å². The molecule has 4 heterocycles. The second-order valence-corrected chi connectivity index (χ2v) is 13.9. The van der Waals surface area contributed by atoms with Crippen molar-refractivity contribution >= 4 is 92.7 Å². The monoisotopic (exact) mass is 720 g/mol. The number of fused-ring (bicyclic) bond motifs is 1. The molecule has 0 saturated carbocycles. The zero-order valence-corrected chi connectivity index (χ0v) is 27.7. The van der Waals surface area contributed by atoms with Crippen LogP contribution in [0.25, 0.3) is 5.69 Å². The number of amides is 2. The molecule has 2 atom stereocenters. The van der Waals surface area contributed by atoms with Gasteiger partial charge in [-0.05, 0) is 55.4 Å². The van der Waals surface area contributed by atoms with E-state index < -0.39 is 46.5 Å². The normalized spacial score (nSPS) is 18.0. The van der Waals surface area contributed by atoms with Crippen molar-refractivity contribution in [1.29, 1.82) is 0 Å². The molecule has 20 heteroatoms. The topological polar surface area (TPSA) is 253 Å². The van der Waals surface area contributed by atoms with Gasteiger partial charge in [-0.1, -0.05) is 21.7 Å². The number of nitrogens with one attached hydrogen (secondary N) is 1. The molecule has 3 aromatic rings. The van der Waals surface area contributed by atoms with Crippen LogP contribution in [0.2, 0.25) is 5.02 Å². The Morgan fingerprint density at radius 2 is 1.91 bits per heavy atom. The van der Waals surface area contributed by atoms with Crippen molar-refractivity contribution in [2.24, 2.45) is 5.16 Å². The smallest absolute Gasteiger partial charge is 0.352 e. The van der Waals surface area contributed by atoms with E-state index in [9.17, 15) is 29.4 Å². The number of nitrogens with zero attached hydrogens (tertiary/aromatic N) is 5. The van der Waals surface area contributed by atoms with Crippen molar-refractivity contribution in [3.05, 3.63) is 57.7 Å². The fraction of sp³-hybridized carbons (Fsp3) is 0.259. The van der Waals surface area contributed by atoms with Gasteiger partial charge in [0.05, 0.1) is 6.07 Å². The maximum absolute atomic E-state index is 13.3. The lowest BCUT2D eigenvalue weighted by Crippen LogP contribution is -2.71. The lowest BCUT2D eigenvalue weighted by Gasteiger charge is -2.49. The van der Waals surface area contributed by atoms with Gasteiger partial charge in [-0.3, -0.25) is 14.5 Å². The van der Waals surface area contributed by atoms with Gasteiger partial charge in [-0.25, -0.2) is 14.6 Å². The molecule has 2 amide bonds. The van der Waals surface area contributed by atoms with Gasteiger partial charge in [-0.2, -0.15) is 4.57 Å². The minimum absolute atomic E-state index is 0.00295. The van der Waals surface area contributed by atoms with Gasteiger partial charge in [-0.15, -0.1) is 23.1 Å². The molecule has 47 heavy (non-hydrogen) atoms. The van der Waals surface area contributed by atoms with Crippen LogP contribution in [0.15, 0.2) is 57.3 Å². The highest BCUT2D eigenvalue weighted by Gasteiger charge is 2.54. The summed E-state index contributed by atoms with van der Waals surface area (Å²) in [6.07, 6.45) is 0. The number of β-lactam (4-membered cyclic amide) rings is 1.